The first-order chi connectivity index (χ1) is 7.15. The number of aryl methyl sites for hydroxylation is 1. The molecular formula is C13H24N2. The van der Waals surface area contributed by atoms with Crippen molar-refractivity contribution < 1.29 is 0 Å². The summed E-state index contributed by atoms with van der Waals surface area (Å²) in [6.07, 6.45) is 7.88. The molecule has 86 valence electrons. The van der Waals surface area contributed by atoms with E-state index < -0.39 is 0 Å². The first-order valence-corrected chi connectivity index (χ1v) is 6.01. The van der Waals surface area contributed by atoms with Gasteiger partial charge in [-0.25, -0.2) is 0 Å². The monoisotopic (exact) mass is 208 g/mol. The van der Waals surface area contributed by atoms with Crippen LogP contribution >= 0.6 is 0 Å². The lowest BCUT2D eigenvalue weighted by molar-refractivity contribution is 0.288. The molecule has 1 aromatic rings. The molecule has 15 heavy (non-hydrogen) atoms. The highest BCUT2D eigenvalue weighted by Gasteiger charge is 2.22. The van der Waals surface area contributed by atoms with Gasteiger partial charge in [-0.15, -0.1) is 0 Å². The summed E-state index contributed by atoms with van der Waals surface area (Å²) in [4.78, 5) is 0. The minimum absolute atomic E-state index is 0.329. The van der Waals surface area contributed by atoms with Crippen LogP contribution in [0.3, 0.4) is 0 Å². The van der Waals surface area contributed by atoms with Crippen LogP contribution in [0.25, 0.3) is 0 Å². The largest absolute Gasteiger partial charge is 0.357 e. The van der Waals surface area contributed by atoms with E-state index in [-0.39, 0.29) is 0 Å². The van der Waals surface area contributed by atoms with Crippen molar-refractivity contribution in [2.24, 2.45) is 7.05 Å². The average molecular weight is 208 g/mol. The van der Waals surface area contributed by atoms with Gasteiger partial charge in [-0.2, -0.15) is 0 Å². The van der Waals surface area contributed by atoms with Gasteiger partial charge in [0.25, 0.3) is 0 Å². The quantitative estimate of drug-likeness (QED) is 0.760. The third kappa shape index (κ3) is 3.10. The van der Waals surface area contributed by atoms with Crippen molar-refractivity contribution in [1.29, 1.82) is 0 Å². The average Bonchev–Trinajstić information content (AvgIpc) is 2.67. The molecule has 1 N–H and O–H groups in total. The molecule has 2 heteroatoms. The molecule has 0 aliphatic rings. The van der Waals surface area contributed by atoms with Crippen LogP contribution < -0.4 is 5.32 Å². The Bertz CT molecular complexity index is 276. The van der Waals surface area contributed by atoms with Crippen LogP contribution in [0.4, 0.5) is 0 Å². The molecule has 0 aliphatic carbocycles. The van der Waals surface area contributed by atoms with Crippen LogP contribution in [-0.2, 0) is 13.6 Å². The zero-order valence-electron chi connectivity index (χ0n) is 10.5. The Morgan fingerprint density at radius 3 is 2.20 bits per heavy atom. The molecule has 0 atom stereocenters. The maximum atomic E-state index is 3.70. The summed E-state index contributed by atoms with van der Waals surface area (Å²) < 4.78 is 2.10. The van der Waals surface area contributed by atoms with E-state index in [9.17, 15) is 0 Å². The maximum absolute atomic E-state index is 3.70. The molecule has 0 aromatic carbocycles. The minimum atomic E-state index is 0.329. The summed E-state index contributed by atoms with van der Waals surface area (Å²) in [5, 5.41) is 3.70. The van der Waals surface area contributed by atoms with Crippen molar-refractivity contribution >= 4 is 0 Å². The van der Waals surface area contributed by atoms with Crippen LogP contribution in [0, 0.1) is 0 Å². The highest BCUT2D eigenvalue weighted by Crippen LogP contribution is 2.19. The van der Waals surface area contributed by atoms with Gasteiger partial charge in [0.1, 0.15) is 0 Å². The van der Waals surface area contributed by atoms with Gasteiger partial charge in [0.2, 0.25) is 0 Å². The van der Waals surface area contributed by atoms with E-state index in [1.807, 2.05) is 0 Å². The molecule has 1 aromatic heterocycles. The lowest BCUT2D eigenvalue weighted by Crippen LogP contribution is -2.42. The molecule has 2 nitrogen and oxygen atoms in total. The summed E-state index contributed by atoms with van der Waals surface area (Å²) in [6, 6.07) is 2.18. The zero-order chi connectivity index (χ0) is 11.3. The Labute approximate surface area is 93.7 Å². The Morgan fingerprint density at radius 1 is 1.20 bits per heavy atom. The highest BCUT2D eigenvalue weighted by molar-refractivity contribution is 5.10. The second kappa shape index (κ2) is 5.36. The molecule has 0 radical (unpaired) electrons. The second-order valence-corrected chi connectivity index (χ2v) is 4.38. The summed E-state index contributed by atoms with van der Waals surface area (Å²) in [6.45, 7) is 7.79. The molecule has 0 saturated carbocycles. The van der Waals surface area contributed by atoms with E-state index in [4.69, 9.17) is 0 Å². The molecule has 0 fully saturated rings. The lowest BCUT2D eigenvalue weighted by atomic mass is 9.89. The van der Waals surface area contributed by atoms with Crippen molar-refractivity contribution in [3.8, 4) is 0 Å². The summed E-state index contributed by atoms with van der Waals surface area (Å²) >= 11 is 0. The number of aromatic nitrogens is 1. The highest BCUT2D eigenvalue weighted by atomic mass is 15.0. The van der Waals surface area contributed by atoms with Gasteiger partial charge >= 0.3 is 0 Å². The fourth-order valence-corrected chi connectivity index (χ4v) is 2.08. The molecule has 1 rings (SSSR count). The minimum Gasteiger partial charge on any atom is -0.357 e. The van der Waals surface area contributed by atoms with Gasteiger partial charge in [-0.05, 0) is 30.9 Å². The van der Waals surface area contributed by atoms with Crippen molar-refractivity contribution in [1.82, 2.24) is 9.88 Å². The van der Waals surface area contributed by atoms with Crippen LogP contribution in [0.5, 0.6) is 0 Å². The van der Waals surface area contributed by atoms with E-state index in [0.717, 1.165) is 6.54 Å². The standard InChI is InChI=1S/C13H24N2/c1-5-13(6-2,7-3)14-10-12-8-9-15(4)11-12/h8-9,11,14H,5-7,10H2,1-4H3. The smallest absolute Gasteiger partial charge is 0.0225 e. The van der Waals surface area contributed by atoms with E-state index in [1.54, 1.807) is 0 Å². The predicted molar refractivity (Wildman–Crippen MR) is 65.9 cm³/mol. The third-order valence-corrected chi connectivity index (χ3v) is 3.59. The number of rotatable bonds is 6. The third-order valence-electron chi connectivity index (χ3n) is 3.59. The first kappa shape index (κ1) is 12.3. The fraction of sp³-hybridized carbons (Fsp3) is 0.692. The maximum Gasteiger partial charge on any atom is 0.0225 e. The topological polar surface area (TPSA) is 17.0 Å². The van der Waals surface area contributed by atoms with Crippen LogP contribution in [0.1, 0.15) is 45.6 Å². The molecule has 0 unspecified atom stereocenters. The predicted octanol–water partition coefficient (Wildman–Crippen LogP) is 3.08. The van der Waals surface area contributed by atoms with Gasteiger partial charge in [0.15, 0.2) is 0 Å². The Kier molecular flexibility index (Phi) is 4.40. The number of hydrogen-bond acceptors (Lipinski definition) is 1. The van der Waals surface area contributed by atoms with Gasteiger partial charge < -0.3 is 9.88 Å². The second-order valence-electron chi connectivity index (χ2n) is 4.38. The molecule has 0 aliphatic heterocycles. The van der Waals surface area contributed by atoms with E-state index in [2.05, 4.69) is 56.2 Å². The zero-order valence-corrected chi connectivity index (χ0v) is 10.5. The number of nitrogens with zero attached hydrogens (tertiary/aromatic N) is 1. The lowest BCUT2D eigenvalue weighted by Gasteiger charge is -2.31. The molecule has 1 heterocycles. The van der Waals surface area contributed by atoms with Gasteiger partial charge in [0, 0.05) is 31.5 Å². The Morgan fingerprint density at radius 2 is 1.80 bits per heavy atom. The van der Waals surface area contributed by atoms with Gasteiger partial charge in [-0.3, -0.25) is 0 Å². The summed E-state index contributed by atoms with van der Waals surface area (Å²) in [5.74, 6) is 0. The molecule has 0 saturated heterocycles. The first-order valence-electron chi connectivity index (χ1n) is 6.01. The summed E-state index contributed by atoms with van der Waals surface area (Å²) in [5.41, 5.74) is 1.70. The van der Waals surface area contributed by atoms with E-state index in [1.165, 1.54) is 24.8 Å². The van der Waals surface area contributed by atoms with Gasteiger partial charge in [-0.1, -0.05) is 20.8 Å². The van der Waals surface area contributed by atoms with Crippen molar-refractivity contribution in [2.75, 3.05) is 0 Å². The van der Waals surface area contributed by atoms with Crippen LogP contribution in [0.15, 0.2) is 18.5 Å². The fourth-order valence-electron chi connectivity index (χ4n) is 2.08. The SMILES string of the molecule is CCC(CC)(CC)NCc1ccn(C)c1. The van der Waals surface area contributed by atoms with Crippen molar-refractivity contribution in [2.45, 2.75) is 52.1 Å². The molecule has 0 spiro atoms. The molecular weight excluding hydrogens is 184 g/mol. The van der Waals surface area contributed by atoms with Crippen molar-refractivity contribution in [3.63, 3.8) is 0 Å². The number of nitrogens with one attached hydrogen (secondary N) is 1. The molecule has 0 bridgehead atoms. The normalized spacial score (nSPS) is 12.0. The Hall–Kier alpha value is -0.760. The van der Waals surface area contributed by atoms with Crippen LogP contribution in [-0.4, -0.2) is 10.1 Å². The summed E-state index contributed by atoms with van der Waals surface area (Å²) in [7, 11) is 2.07. The van der Waals surface area contributed by atoms with Gasteiger partial charge in [0.05, 0.1) is 0 Å². The van der Waals surface area contributed by atoms with E-state index in [0.29, 0.717) is 5.54 Å². The Balaban J connectivity index is 2.54. The van der Waals surface area contributed by atoms with Crippen molar-refractivity contribution in [3.05, 3.63) is 24.0 Å². The molecule has 0 amide bonds. The van der Waals surface area contributed by atoms with Crippen LogP contribution in [0.2, 0.25) is 0 Å². The van der Waals surface area contributed by atoms with E-state index >= 15 is 0 Å². The number of hydrogen-bond donors (Lipinski definition) is 1.